The number of likely N-dealkylation sites (N-methyl/N-ethyl adjacent to an activating group) is 1. The summed E-state index contributed by atoms with van der Waals surface area (Å²) in [4.78, 5) is 5.64. The van der Waals surface area contributed by atoms with Gasteiger partial charge in [0.2, 0.25) is 0 Å². The lowest BCUT2D eigenvalue weighted by Gasteiger charge is -2.23. The number of aromatic nitrogens is 1. The Morgan fingerprint density at radius 3 is 2.72 bits per heavy atom. The summed E-state index contributed by atoms with van der Waals surface area (Å²) in [6.45, 7) is 14.5. The van der Waals surface area contributed by atoms with Crippen LogP contribution >= 0.6 is 11.6 Å². The topological polar surface area (TPSA) is 93.0 Å². The van der Waals surface area contributed by atoms with Gasteiger partial charge in [-0.25, -0.2) is 0 Å². The van der Waals surface area contributed by atoms with Crippen molar-refractivity contribution in [2.24, 2.45) is 5.73 Å². The van der Waals surface area contributed by atoms with Gasteiger partial charge in [0, 0.05) is 46.1 Å². The van der Waals surface area contributed by atoms with Gasteiger partial charge < -0.3 is 31.7 Å². The first-order valence-corrected chi connectivity index (χ1v) is 9.90. The number of hydrogen-bond acceptors (Lipinski definition) is 5. The van der Waals surface area contributed by atoms with Crippen molar-refractivity contribution >= 4 is 28.7 Å². The molecule has 0 aliphatic rings. The number of nitrogens with zero attached hydrogens (tertiary/aromatic N) is 1. The van der Waals surface area contributed by atoms with Crippen LogP contribution in [0.2, 0.25) is 5.02 Å². The van der Waals surface area contributed by atoms with E-state index in [1.807, 2.05) is 18.2 Å². The molecule has 0 spiro atoms. The standard InChI is InChI=1S/C17H25ClN4.C5H8N2/c1-5-22(4)11-12(2)20-13(3)19-10-16-9-14-8-15(18)6-7-17(14)21-16;1-2-5(7)3-4-6/h6-9,12,19-21H,3,5,10-11H2,1-2,4H3;2-4,6H,1,7H2/b;5-3-,6-4?. The monoisotopic (exact) mass is 416 g/mol. The van der Waals surface area contributed by atoms with Crippen molar-refractivity contribution in [3.05, 3.63) is 71.8 Å². The summed E-state index contributed by atoms with van der Waals surface area (Å²) >= 11 is 6.01. The van der Waals surface area contributed by atoms with Gasteiger partial charge in [-0.05, 0) is 56.9 Å². The van der Waals surface area contributed by atoms with E-state index in [-0.39, 0.29) is 0 Å². The summed E-state index contributed by atoms with van der Waals surface area (Å²) in [5, 5.41) is 15.1. The zero-order valence-electron chi connectivity index (χ0n) is 17.6. The maximum atomic E-state index is 6.51. The Morgan fingerprint density at radius 1 is 1.41 bits per heavy atom. The average Bonchev–Trinajstić information content (AvgIpc) is 3.08. The van der Waals surface area contributed by atoms with Crippen LogP contribution in [0.15, 0.2) is 61.1 Å². The Bertz CT molecular complexity index is 839. The quantitative estimate of drug-likeness (QED) is 0.299. The molecular formula is C22H33ClN6. The van der Waals surface area contributed by atoms with Crippen molar-refractivity contribution < 1.29 is 0 Å². The van der Waals surface area contributed by atoms with E-state index in [1.54, 1.807) is 0 Å². The van der Waals surface area contributed by atoms with Crippen LogP contribution in [0.1, 0.15) is 19.5 Å². The highest BCUT2D eigenvalue weighted by molar-refractivity contribution is 6.31. The van der Waals surface area contributed by atoms with Crippen LogP contribution in [0, 0.1) is 5.41 Å². The Kier molecular flexibility index (Phi) is 10.7. The molecular weight excluding hydrogens is 384 g/mol. The molecule has 6 nitrogen and oxygen atoms in total. The van der Waals surface area contributed by atoms with E-state index in [1.165, 1.54) is 12.2 Å². The molecule has 1 heterocycles. The Morgan fingerprint density at radius 2 is 2.14 bits per heavy atom. The van der Waals surface area contributed by atoms with E-state index >= 15 is 0 Å². The van der Waals surface area contributed by atoms with Crippen LogP contribution in [0.25, 0.3) is 10.9 Å². The molecule has 0 fully saturated rings. The van der Waals surface area contributed by atoms with E-state index in [0.717, 1.165) is 46.7 Å². The lowest BCUT2D eigenvalue weighted by atomic mass is 10.2. The number of hydrogen-bond donors (Lipinski definition) is 5. The van der Waals surface area contributed by atoms with Gasteiger partial charge in [-0.1, -0.05) is 31.7 Å². The lowest BCUT2D eigenvalue weighted by Crippen LogP contribution is -2.39. The molecule has 2 aromatic rings. The van der Waals surface area contributed by atoms with Crippen molar-refractivity contribution in [2.45, 2.75) is 26.4 Å². The molecule has 1 aromatic heterocycles. The van der Waals surface area contributed by atoms with E-state index in [0.29, 0.717) is 18.3 Å². The van der Waals surface area contributed by atoms with Gasteiger partial charge in [0.1, 0.15) is 0 Å². The number of rotatable bonds is 10. The molecule has 0 amide bonds. The van der Waals surface area contributed by atoms with E-state index in [4.69, 9.17) is 22.7 Å². The zero-order valence-corrected chi connectivity index (χ0v) is 18.3. The molecule has 0 bridgehead atoms. The fourth-order valence-corrected chi connectivity index (χ4v) is 2.80. The van der Waals surface area contributed by atoms with Crippen LogP contribution in [0.4, 0.5) is 0 Å². The molecule has 2 rings (SSSR count). The summed E-state index contributed by atoms with van der Waals surface area (Å²) in [5.41, 5.74) is 7.90. The first-order chi connectivity index (χ1) is 13.8. The normalized spacial score (nSPS) is 12.1. The first kappa shape index (κ1) is 24.3. The molecule has 0 saturated carbocycles. The van der Waals surface area contributed by atoms with Crippen molar-refractivity contribution in [3.8, 4) is 0 Å². The number of nitrogens with one attached hydrogen (secondary N) is 4. The molecule has 1 unspecified atom stereocenters. The largest absolute Gasteiger partial charge is 0.399 e. The molecule has 158 valence electrons. The predicted octanol–water partition coefficient (Wildman–Crippen LogP) is 3.98. The zero-order chi connectivity index (χ0) is 21.8. The highest BCUT2D eigenvalue weighted by atomic mass is 35.5. The van der Waals surface area contributed by atoms with Gasteiger partial charge in [0.25, 0.3) is 0 Å². The van der Waals surface area contributed by atoms with Gasteiger partial charge in [0.15, 0.2) is 0 Å². The summed E-state index contributed by atoms with van der Waals surface area (Å²) in [6.07, 6.45) is 4.08. The fourth-order valence-electron chi connectivity index (χ4n) is 2.62. The van der Waals surface area contributed by atoms with Crippen LogP contribution in [-0.2, 0) is 6.54 Å². The summed E-state index contributed by atoms with van der Waals surface area (Å²) < 4.78 is 0. The third kappa shape index (κ3) is 9.36. The van der Waals surface area contributed by atoms with E-state index < -0.39 is 0 Å². The SMILES string of the molecule is C=C(NCc1cc2cc(Cl)ccc2[nH]1)NC(C)CN(C)CC.C=C/C(N)=C/C=N. The number of halogens is 1. The average molecular weight is 417 g/mol. The van der Waals surface area contributed by atoms with Gasteiger partial charge in [-0.3, -0.25) is 0 Å². The molecule has 1 aromatic carbocycles. The summed E-state index contributed by atoms with van der Waals surface area (Å²) in [7, 11) is 2.12. The maximum Gasteiger partial charge on any atom is 0.0918 e. The molecule has 0 aliphatic heterocycles. The number of allylic oxidation sites excluding steroid dienone is 2. The van der Waals surface area contributed by atoms with Crippen LogP contribution in [0.5, 0.6) is 0 Å². The van der Waals surface area contributed by atoms with Crippen molar-refractivity contribution in [1.82, 2.24) is 20.5 Å². The molecule has 1 atom stereocenters. The minimum Gasteiger partial charge on any atom is -0.399 e. The van der Waals surface area contributed by atoms with Crippen LogP contribution < -0.4 is 16.4 Å². The van der Waals surface area contributed by atoms with Crippen LogP contribution in [0.3, 0.4) is 0 Å². The van der Waals surface area contributed by atoms with Gasteiger partial charge in [-0.15, -0.1) is 0 Å². The highest BCUT2D eigenvalue weighted by Crippen LogP contribution is 2.20. The summed E-state index contributed by atoms with van der Waals surface area (Å²) in [6, 6.07) is 8.31. The Balaban J connectivity index is 0.000000516. The fraction of sp³-hybridized carbons (Fsp3) is 0.318. The predicted molar refractivity (Wildman–Crippen MR) is 126 cm³/mol. The number of nitrogens with two attached hydrogens (primary N) is 1. The molecule has 0 aliphatic carbocycles. The highest BCUT2D eigenvalue weighted by Gasteiger charge is 2.06. The number of benzene rings is 1. The third-order valence-corrected chi connectivity index (χ3v) is 4.42. The van der Waals surface area contributed by atoms with Gasteiger partial charge in [0.05, 0.1) is 12.4 Å². The summed E-state index contributed by atoms with van der Waals surface area (Å²) in [5.74, 6) is 0.841. The molecule has 0 saturated heterocycles. The minimum atomic E-state index is 0.353. The Hall–Kier alpha value is -2.70. The number of H-pyrrole nitrogens is 1. The second-order valence-electron chi connectivity index (χ2n) is 6.80. The van der Waals surface area contributed by atoms with Crippen molar-refractivity contribution in [1.29, 1.82) is 5.41 Å². The lowest BCUT2D eigenvalue weighted by molar-refractivity contribution is 0.316. The molecule has 29 heavy (non-hydrogen) atoms. The number of aromatic amines is 1. The second-order valence-corrected chi connectivity index (χ2v) is 7.23. The number of fused-ring (bicyclic) bond motifs is 1. The first-order valence-electron chi connectivity index (χ1n) is 9.52. The van der Waals surface area contributed by atoms with Crippen molar-refractivity contribution in [3.63, 3.8) is 0 Å². The van der Waals surface area contributed by atoms with E-state index in [2.05, 4.69) is 60.6 Å². The minimum absolute atomic E-state index is 0.353. The maximum absolute atomic E-state index is 6.51. The van der Waals surface area contributed by atoms with Crippen molar-refractivity contribution in [2.75, 3.05) is 20.1 Å². The smallest absolute Gasteiger partial charge is 0.0918 e. The molecule has 0 radical (unpaired) electrons. The molecule has 6 N–H and O–H groups in total. The Labute approximate surface area is 179 Å². The van der Waals surface area contributed by atoms with Gasteiger partial charge in [-0.2, -0.15) is 0 Å². The van der Waals surface area contributed by atoms with Crippen LogP contribution in [-0.4, -0.2) is 42.3 Å². The van der Waals surface area contributed by atoms with Gasteiger partial charge >= 0.3 is 0 Å². The second kappa shape index (κ2) is 12.7. The van der Waals surface area contributed by atoms with E-state index in [9.17, 15) is 0 Å². The molecule has 7 heteroatoms. The third-order valence-electron chi connectivity index (χ3n) is 4.19.